The fourth-order valence-electron chi connectivity index (χ4n) is 2.92. The number of amides is 1. The van der Waals surface area contributed by atoms with Gasteiger partial charge in [-0.15, -0.1) is 0 Å². The molecule has 0 saturated heterocycles. The molecule has 0 saturated carbocycles. The van der Waals surface area contributed by atoms with Gasteiger partial charge in [0, 0.05) is 17.5 Å². The first-order valence-corrected chi connectivity index (χ1v) is 9.00. The maximum Gasteiger partial charge on any atom is 0.251 e. The SMILES string of the molecule is CN(C)[C@@H](CNC(=O)c1ccc2nsnc2c1)c1cc2ccccc2o1. The lowest BCUT2D eigenvalue weighted by Crippen LogP contribution is -2.34. The molecule has 2 heterocycles. The largest absolute Gasteiger partial charge is 0.459 e. The molecular weight excluding hydrogens is 348 g/mol. The molecule has 4 rings (SSSR count). The number of hydrogen-bond acceptors (Lipinski definition) is 6. The van der Waals surface area contributed by atoms with Crippen LogP contribution in [-0.2, 0) is 0 Å². The van der Waals surface area contributed by atoms with Crippen LogP contribution in [0.4, 0.5) is 0 Å². The van der Waals surface area contributed by atoms with E-state index in [0.29, 0.717) is 12.1 Å². The zero-order chi connectivity index (χ0) is 18.1. The van der Waals surface area contributed by atoms with E-state index in [4.69, 9.17) is 4.42 Å². The average Bonchev–Trinajstić information content (AvgIpc) is 3.27. The van der Waals surface area contributed by atoms with Gasteiger partial charge in [-0.05, 0) is 44.4 Å². The maximum absolute atomic E-state index is 12.5. The lowest BCUT2D eigenvalue weighted by molar-refractivity contribution is 0.0939. The number of nitrogens with zero attached hydrogens (tertiary/aromatic N) is 3. The molecule has 0 aliphatic heterocycles. The number of carbonyl (C=O) groups is 1. The van der Waals surface area contributed by atoms with Crippen molar-refractivity contribution in [2.45, 2.75) is 6.04 Å². The molecule has 0 aliphatic rings. The molecule has 6 nitrogen and oxygen atoms in total. The highest BCUT2D eigenvalue weighted by Gasteiger charge is 2.20. The van der Waals surface area contributed by atoms with Crippen molar-refractivity contribution in [2.24, 2.45) is 0 Å². The summed E-state index contributed by atoms with van der Waals surface area (Å²) in [5.41, 5.74) is 2.97. The van der Waals surface area contributed by atoms with Crippen molar-refractivity contribution < 1.29 is 9.21 Å². The van der Waals surface area contributed by atoms with Gasteiger partial charge < -0.3 is 9.73 Å². The van der Waals surface area contributed by atoms with Crippen molar-refractivity contribution in [2.75, 3.05) is 20.6 Å². The van der Waals surface area contributed by atoms with Crippen LogP contribution >= 0.6 is 11.7 Å². The lowest BCUT2D eigenvalue weighted by atomic mass is 10.1. The quantitative estimate of drug-likeness (QED) is 0.586. The topological polar surface area (TPSA) is 71.3 Å². The van der Waals surface area contributed by atoms with Crippen molar-refractivity contribution in [3.8, 4) is 0 Å². The molecule has 0 aliphatic carbocycles. The van der Waals surface area contributed by atoms with Crippen LogP contribution in [0.15, 0.2) is 52.9 Å². The van der Waals surface area contributed by atoms with Gasteiger partial charge in [-0.25, -0.2) is 0 Å². The van der Waals surface area contributed by atoms with Gasteiger partial charge in [0.1, 0.15) is 22.4 Å². The van der Waals surface area contributed by atoms with Crippen molar-refractivity contribution in [3.63, 3.8) is 0 Å². The van der Waals surface area contributed by atoms with E-state index < -0.39 is 0 Å². The molecule has 0 fully saturated rings. The molecule has 26 heavy (non-hydrogen) atoms. The van der Waals surface area contributed by atoms with Gasteiger partial charge in [-0.2, -0.15) is 8.75 Å². The van der Waals surface area contributed by atoms with Gasteiger partial charge in [0.25, 0.3) is 5.91 Å². The van der Waals surface area contributed by atoms with E-state index >= 15 is 0 Å². The first kappa shape index (κ1) is 16.7. The normalized spacial score (nSPS) is 12.7. The average molecular weight is 366 g/mol. The second kappa shape index (κ2) is 6.86. The molecule has 7 heteroatoms. The van der Waals surface area contributed by atoms with Crippen LogP contribution in [0.5, 0.6) is 0 Å². The third kappa shape index (κ3) is 3.18. The molecule has 0 spiro atoms. The highest BCUT2D eigenvalue weighted by Crippen LogP contribution is 2.26. The molecule has 2 aromatic carbocycles. The van der Waals surface area contributed by atoms with Gasteiger partial charge in [0.2, 0.25) is 0 Å². The van der Waals surface area contributed by atoms with Crippen molar-refractivity contribution in [1.29, 1.82) is 0 Å². The minimum Gasteiger partial charge on any atom is -0.459 e. The standard InChI is InChI=1S/C19H18N4O2S/c1-23(2)16(18-10-12-5-3-4-6-17(12)25-18)11-20-19(24)13-7-8-14-15(9-13)22-26-21-14/h3-10,16H,11H2,1-2H3,(H,20,24)/t16-/m0/s1. The van der Waals surface area contributed by atoms with Gasteiger partial charge in [0.15, 0.2) is 0 Å². The zero-order valence-corrected chi connectivity index (χ0v) is 15.3. The van der Waals surface area contributed by atoms with E-state index in [9.17, 15) is 4.79 Å². The Morgan fingerprint density at radius 1 is 1.15 bits per heavy atom. The minimum absolute atomic E-state index is 0.0592. The van der Waals surface area contributed by atoms with E-state index in [2.05, 4.69) is 14.1 Å². The Kier molecular flexibility index (Phi) is 4.40. The summed E-state index contributed by atoms with van der Waals surface area (Å²) in [6.07, 6.45) is 0. The number of rotatable bonds is 5. The number of para-hydroxylation sites is 1. The van der Waals surface area contributed by atoms with E-state index in [-0.39, 0.29) is 11.9 Å². The van der Waals surface area contributed by atoms with Gasteiger partial charge >= 0.3 is 0 Å². The highest BCUT2D eigenvalue weighted by molar-refractivity contribution is 7.00. The van der Waals surface area contributed by atoms with Crippen LogP contribution in [0, 0.1) is 0 Å². The van der Waals surface area contributed by atoms with Crippen LogP contribution in [0.25, 0.3) is 22.0 Å². The number of furan rings is 1. The fourth-order valence-corrected chi connectivity index (χ4v) is 3.44. The zero-order valence-electron chi connectivity index (χ0n) is 14.5. The number of carbonyl (C=O) groups excluding carboxylic acids is 1. The molecule has 2 aromatic heterocycles. The second-order valence-electron chi connectivity index (χ2n) is 6.34. The summed E-state index contributed by atoms with van der Waals surface area (Å²) >= 11 is 1.14. The van der Waals surface area contributed by atoms with Gasteiger partial charge in [0.05, 0.1) is 17.8 Å². The Labute approximate surface area is 154 Å². The summed E-state index contributed by atoms with van der Waals surface area (Å²) in [5.74, 6) is 0.693. The molecule has 1 amide bonds. The van der Waals surface area contributed by atoms with E-state index in [1.165, 1.54) is 0 Å². The summed E-state index contributed by atoms with van der Waals surface area (Å²) in [6.45, 7) is 0.443. The number of fused-ring (bicyclic) bond motifs is 2. The molecular formula is C19H18N4O2S. The van der Waals surface area contributed by atoms with E-state index in [1.54, 1.807) is 12.1 Å². The lowest BCUT2D eigenvalue weighted by Gasteiger charge is -2.22. The van der Waals surface area contributed by atoms with Gasteiger partial charge in [-0.3, -0.25) is 9.69 Å². The summed E-state index contributed by atoms with van der Waals surface area (Å²) in [7, 11) is 3.94. The molecule has 4 aromatic rings. The molecule has 1 atom stereocenters. The first-order chi connectivity index (χ1) is 12.6. The van der Waals surface area contributed by atoms with Crippen LogP contribution in [-0.4, -0.2) is 40.2 Å². The molecule has 0 bridgehead atoms. The Balaban J connectivity index is 1.52. The van der Waals surface area contributed by atoms with Crippen molar-refractivity contribution >= 4 is 39.6 Å². The first-order valence-electron chi connectivity index (χ1n) is 8.27. The molecule has 0 unspecified atom stereocenters. The van der Waals surface area contributed by atoms with Gasteiger partial charge in [-0.1, -0.05) is 18.2 Å². The predicted octanol–water partition coefficient (Wildman–Crippen LogP) is 3.47. The number of aromatic nitrogens is 2. The highest BCUT2D eigenvalue weighted by atomic mass is 32.1. The predicted molar refractivity (Wildman–Crippen MR) is 102 cm³/mol. The second-order valence-corrected chi connectivity index (χ2v) is 6.87. The van der Waals surface area contributed by atoms with Crippen LogP contribution in [0.3, 0.4) is 0 Å². The fraction of sp³-hybridized carbons (Fsp3) is 0.211. The van der Waals surface area contributed by atoms with Crippen LogP contribution in [0.2, 0.25) is 0 Å². The Morgan fingerprint density at radius 3 is 2.77 bits per heavy atom. The third-order valence-corrected chi connectivity index (χ3v) is 4.92. The summed E-state index contributed by atoms with van der Waals surface area (Å²) in [5, 5.41) is 4.05. The summed E-state index contributed by atoms with van der Waals surface area (Å²) in [4.78, 5) is 14.6. The smallest absolute Gasteiger partial charge is 0.251 e. The van der Waals surface area contributed by atoms with E-state index in [1.807, 2.05) is 55.4 Å². The number of nitrogens with one attached hydrogen (secondary N) is 1. The summed E-state index contributed by atoms with van der Waals surface area (Å²) < 4.78 is 14.3. The van der Waals surface area contributed by atoms with Crippen molar-refractivity contribution in [1.82, 2.24) is 19.0 Å². The number of likely N-dealkylation sites (N-methyl/N-ethyl adjacent to an activating group) is 1. The maximum atomic E-state index is 12.5. The molecule has 0 radical (unpaired) electrons. The van der Waals surface area contributed by atoms with Crippen LogP contribution < -0.4 is 5.32 Å². The Morgan fingerprint density at radius 2 is 1.96 bits per heavy atom. The molecule has 1 N–H and O–H groups in total. The molecule has 132 valence electrons. The Hall–Kier alpha value is -2.77. The van der Waals surface area contributed by atoms with Crippen LogP contribution in [0.1, 0.15) is 22.2 Å². The third-order valence-electron chi connectivity index (χ3n) is 4.37. The van der Waals surface area contributed by atoms with E-state index in [0.717, 1.165) is 39.5 Å². The van der Waals surface area contributed by atoms with Crippen molar-refractivity contribution in [3.05, 3.63) is 59.9 Å². The summed E-state index contributed by atoms with van der Waals surface area (Å²) in [6, 6.07) is 15.2. The minimum atomic E-state index is -0.136. The monoisotopic (exact) mass is 366 g/mol. The number of hydrogen-bond donors (Lipinski definition) is 1. The Bertz CT molecular complexity index is 1040. The number of benzene rings is 2.